The summed E-state index contributed by atoms with van der Waals surface area (Å²) < 4.78 is 42.3. The van der Waals surface area contributed by atoms with Gasteiger partial charge in [-0.25, -0.2) is 17.8 Å². The number of fused-ring (bicyclic) bond motifs is 3. The summed E-state index contributed by atoms with van der Waals surface area (Å²) in [6, 6.07) is 4.51. The highest BCUT2D eigenvalue weighted by Crippen LogP contribution is 2.45. The molecule has 3 aromatic heterocycles. The molecule has 2 fully saturated rings. The van der Waals surface area contributed by atoms with Crippen LogP contribution in [0, 0.1) is 5.82 Å². The number of hydrogen-bond acceptors (Lipinski definition) is 9. The second-order valence-corrected chi connectivity index (χ2v) is 13.2. The molecule has 2 aliphatic rings. The molecule has 210 valence electrons. The Labute approximate surface area is 229 Å². The van der Waals surface area contributed by atoms with Crippen LogP contribution in [0.15, 0.2) is 35.6 Å². The number of sulfone groups is 1. The third kappa shape index (κ3) is 4.22. The summed E-state index contributed by atoms with van der Waals surface area (Å²) in [5, 5.41) is 11.9. The number of nitrogen functional groups attached to an aromatic ring is 1. The summed E-state index contributed by atoms with van der Waals surface area (Å²) in [6.45, 7) is 3.44. The molecule has 1 amide bonds. The van der Waals surface area contributed by atoms with Gasteiger partial charge in [0.25, 0.3) is 5.91 Å². The second-order valence-electron chi connectivity index (χ2n) is 11.3. The highest BCUT2D eigenvalue weighted by Gasteiger charge is 2.46. The zero-order valence-corrected chi connectivity index (χ0v) is 23.1. The van der Waals surface area contributed by atoms with Crippen LogP contribution in [-0.2, 0) is 15.4 Å². The van der Waals surface area contributed by atoms with Gasteiger partial charge in [0.05, 0.1) is 11.9 Å². The number of piperidine rings is 1. The maximum absolute atomic E-state index is 15.0. The van der Waals surface area contributed by atoms with E-state index in [1.807, 2.05) is 4.90 Å². The summed E-state index contributed by atoms with van der Waals surface area (Å²) in [6.07, 6.45) is 6.56. The van der Waals surface area contributed by atoms with Crippen molar-refractivity contribution >= 4 is 27.2 Å². The fourth-order valence-electron chi connectivity index (χ4n) is 6.25. The van der Waals surface area contributed by atoms with Crippen LogP contribution < -0.4 is 11.5 Å². The number of halogens is 1. The molecule has 3 atom stereocenters. The molecule has 40 heavy (non-hydrogen) atoms. The van der Waals surface area contributed by atoms with Gasteiger partial charge < -0.3 is 21.4 Å². The fourth-order valence-corrected chi connectivity index (χ4v) is 7.31. The molecule has 4 aromatic rings. The molecule has 2 bridgehead atoms. The third-order valence-corrected chi connectivity index (χ3v) is 9.14. The van der Waals surface area contributed by atoms with Gasteiger partial charge >= 0.3 is 0 Å². The predicted octanol–water partition coefficient (Wildman–Crippen LogP) is 2.38. The van der Waals surface area contributed by atoms with Crippen LogP contribution in [0.1, 0.15) is 67.3 Å². The molecule has 0 radical (unpaired) electrons. The van der Waals surface area contributed by atoms with E-state index in [9.17, 15) is 13.2 Å². The van der Waals surface area contributed by atoms with Crippen molar-refractivity contribution in [3.8, 4) is 11.1 Å². The van der Waals surface area contributed by atoms with Gasteiger partial charge in [-0.3, -0.25) is 4.79 Å². The molecule has 14 heteroatoms. The van der Waals surface area contributed by atoms with Crippen LogP contribution >= 0.6 is 0 Å². The minimum atomic E-state index is -3.79. The number of anilines is 1. The lowest BCUT2D eigenvalue weighted by Crippen LogP contribution is -2.46. The lowest BCUT2D eigenvalue weighted by molar-refractivity contribution is 0.0556. The molecule has 5 heterocycles. The first-order valence-corrected chi connectivity index (χ1v) is 14.9. The molecule has 1 aromatic carbocycles. The van der Waals surface area contributed by atoms with Crippen molar-refractivity contribution in [1.82, 2.24) is 34.7 Å². The van der Waals surface area contributed by atoms with E-state index in [4.69, 9.17) is 16.5 Å². The van der Waals surface area contributed by atoms with Crippen molar-refractivity contribution < 1.29 is 17.6 Å². The molecule has 0 spiro atoms. The Morgan fingerprint density at radius 3 is 2.48 bits per heavy atom. The van der Waals surface area contributed by atoms with E-state index >= 15 is 4.39 Å². The van der Waals surface area contributed by atoms with E-state index in [1.165, 1.54) is 23.1 Å². The number of benzene rings is 1. The number of rotatable bonds is 5. The van der Waals surface area contributed by atoms with Crippen LogP contribution in [0.4, 0.5) is 10.2 Å². The van der Waals surface area contributed by atoms with E-state index in [2.05, 4.69) is 20.3 Å². The highest BCUT2D eigenvalue weighted by molar-refractivity contribution is 7.91. The van der Waals surface area contributed by atoms with Crippen LogP contribution in [0.5, 0.6) is 0 Å². The number of aromatic nitrogens is 6. The Kier molecular flexibility index (Phi) is 5.96. The summed E-state index contributed by atoms with van der Waals surface area (Å²) in [5.41, 5.74) is 13.7. The number of nitrogens with one attached hydrogen (secondary N) is 1. The number of amides is 1. The Bertz CT molecular complexity index is 1730. The predicted molar refractivity (Wildman–Crippen MR) is 144 cm³/mol. The van der Waals surface area contributed by atoms with Crippen molar-refractivity contribution in [1.29, 1.82) is 0 Å². The van der Waals surface area contributed by atoms with Crippen LogP contribution in [0.2, 0.25) is 0 Å². The quantitative estimate of drug-likeness (QED) is 0.326. The number of aromatic amines is 1. The maximum atomic E-state index is 15.0. The second kappa shape index (κ2) is 9.06. The van der Waals surface area contributed by atoms with Gasteiger partial charge in [0.15, 0.2) is 15.5 Å². The first-order valence-electron chi connectivity index (χ1n) is 13.0. The van der Waals surface area contributed by atoms with Crippen molar-refractivity contribution in [2.45, 2.75) is 68.0 Å². The summed E-state index contributed by atoms with van der Waals surface area (Å²) in [4.78, 5) is 22.5. The van der Waals surface area contributed by atoms with Gasteiger partial charge in [-0.2, -0.15) is 9.61 Å². The summed E-state index contributed by atoms with van der Waals surface area (Å²) in [5.74, 6) is -0.838. The molecular formula is C26H30FN9O3S. The lowest BCUT2D eigenvalue weighted by Gasteiger charge is -2.38. The number of hydrogen-bond donors (Lipinski definition) is 3. The van der Waals surface area contributed by atoms with Crippen LogP contribution in [0.25, 0.3) is 16.8 Å². The maximum Gasteiger partial charge on any atom is 0.292 e. The average Bonchev–Trinajstić information content (AvgIpc) is 3.60. The number of carbonyl (C=O) groups excluding carboxylic acids is 1. The van der Waals surface area contributed by atoms with E-state index in [1.54, 1.807) is 26.0 Å². The summed E-state index contributed by atoms with van der Waals surface area (Å²) in [7, 11) is -3.79. The molecular weight excluding hydrogens is 537 g/mol. The Hall–Kier alpha value is -3.91. The molecule has 12 nitrogen and oxygen atoms in total. The topological polar surface area (TPSA) is 178 Å². The molecule has 6 rings (SSSR count). The monoisotopic (exact) mass is 567 g/mol. The van der Waals surface area contributed by atoms with Crippen molar-refractivity contribution in [2.24, 2.45) is 5.73 Å². The standard InChI is InChI=1S/C26H30FN9O3S/c1-26(2,29)18-7-4-13(10-19(18)27)17-11-32-36-22(28)21(40(3,38)39)20(33-24(17)36)14-8-15-5-6-16(9-14)35(15)25(37)23-30-12-31-34-23/h4,7,10-12,14-16H,5-6,8-9,28-29H2,1-3H3,(H,30,31,34)/t14-,15+,16-. The number of nitrogens with two attached hydrogens (primary N) is 2. The molecule has 2 aliphatic heterocycles. The fraction of sp³-hybridized carbons (Fsp3) is 0.423. The van der Waals surface area contributed by atoms with E-state index in [-0.39, 0.29) is 40.4 Å². The van der Waals surface area contributed by atoms with Gasteiger partial charge in [0, 0.05) is 40.9 Å². The van der Waals surface area contributed by atoms with E-state index < -0.39 is 21.2 Å². The Balaban J connectivity index is 1.44. The SMILES string of the molecule is CC(C)(N)c1ccc(-c2cnn3c(N)c(S(C)(=O)=O)c([C@H]4C[C@H]5CC[C@@H](C4)N5C(=O)c4nnc[nH]4)nc23)cc1F. The van der Waals surface area contributed by atoms with E-state index in [0.717, 1.165) is 19.1 Å². The minimum absolute atomic E-state index is 0.0542. The van der Waals surface area contributed by atoms with Crippen molar-refractivity contribution in [2.75, 3.05) is 12.0 Å². The molecule has 0 unspecified atom stereocenters. The first kappa shape index (κ1) is 26.3. The molecule has 5 N–H and O–H groups in total. The summed E-state index contributed by atoms with van der Waals surface area (Å²) >= 11 is 0. The highest BCUT2D eigenvalue weighted by atomic mass is 32.2. The van der Waals surface area contributed by atoms with Crippen LogP contribution in [0.3, 0.4) is 0 Å². The van der Waals surface area contributed by atoms with Gasteiger partial charge in [-0.15, -0.1) is 10.2 Å². The number of H-pyrrole nitrogens is 1. The zero-order valence-electron chi connectivity index (χ0n) is 22.3. The Morgan fingerprint density at radius 2 is 1.90 bits per heavy atom. The number of nitrogens with zero attached hydrogens (tertiary/aromatic N) is 6. The zero-order chi connectivity index (χ0) is 28.6. The smallest absolute Gasteiger partial charge is 0.292 e. The minimum Gasteiger partial charge on any atom is -0.382 e. The van der Waals surface area contributed by atoms with Crippen molar-refractivity contribution in [3.63, 3.8) is 0 Å². The van der Waals surface area contributed by atoms with Crippen LogP contribution in [-0.4, -0.2) is 67.3 Å². The van der Waals surface area contributed by atoms with E-state index in [0.29, 0.717) is 40.9 Å². The number of carbonyl (C=O) groups is 1. The molecule has 0 aliphatic carbocycles. The first-order chi connectivity index (χ1) is 18.8. The lowest BCUT2D eigenvalue weighted by atomic mass is 9.87. The third-order valence-electron chi connectivity index (χ3n) is 7.98. The van der Waals surface area contributed by atoms with Gasteiger partial charge in [-0.05, 0) is 51.2 Å². The largest absolute Gasteiger partial charge is 0.382 e. The van der Waals surface area contributed by atoms with Gasteiger partial charge in [-0.1, -0.05) is 12.1 Å². The molecule has 0 saturated carbocycles. The normalized spacial score (nSPS) is 21.3. The average molecular weight is 568 g/mol. The van der Waals surface area contributed by atoms with Gasteiger partial charge in [0.1, 0.15) is 22.9 Å². The molecule has 2 saturated heterocycles. The Morgan fingerprint density at radius 1 is 1.20 bits per heavy atom. The van der Waals surface area contributed by atoms with Crippen molar-refractivity contribution in [3.05, 3.63) is 53.6 Å². The van der Waals surface area contributed by atoms with Gasteiger partial charge in [0.2, 0.25) is 5.82 Å².